The van der Waals surface area contributed by atoms with Crippen LogP contribution in [0, 0.1) is 0 Å². The molecule has 1 aromatic carbocycles. The number of hydrogen-bond donors (Lipinski definition) is 3. The molecule has 15 heavy (non-hydrogen) atoms. The van der Waals surface area contributed by atoms with Crippen LogP contribution in [0.3, 0.4) is 0 Å². The average Bonchev–Trinajstić information content (AvgIpc) is 2.17. The minimum Gasteiger partial charge on any atom is -0.391 e. The molecule has 0 aromatic heterocycles. The van der Waals surface area contributed by atoms with Crippen LogP contribution in [0.5, 0.6) is 0 Å². The van der Waals surface area contributed by atoms with E-state index in [9.17, 15) is 5.11 Å². The van der Waals surface area contributed by atoms with Crippen LogP contribution in [-0.2, 0) is 6.42 Å². The molecule has 0 bridgehead atoms. The Morgan fingerprint density at radius 1 is 1.47 bits per heavy atom. The maximum absolute atomic E-state index is 9.54. The number of rotatable bonds is 4. The zero-order valence-electron chi connectivity index (χ0n) is 8.68. The largest absolute Gasteiger partial charge is 0.391 e. The lowest BCUT2D eigenvalue weighted by atomic mass is 10.0. The first-order valence-corrected chi connectivity index (χ1v) is 5.28. The van der Waals surface area contributed by atoms with E-state index in [0.717, 1.165) is 5.56 Å². The summed E-state index contributed by atoms with van der Waals surface area (Å²) in [5, 5.41) is 12.7. The predicted molar refractivity (Wildman–Crippen MR) is 65.5 cm³/mol. The van der Waals surface area contributed by atoms with Crippen LogP contribution in [0.1, 0.15) is 12.5 Å². The monoisotopic (exact) mass is 224 g/mol. The summed E-state index contributed by atoms with van der Waals surface area (Å²) in [6.07, 6.45) is 0.210. The Morgan fingerprint density at radius 2 is 2.07 bits per heavy atom. The third-order valence-electron chi connectivity index (χ3n) is 2.21. The Bertz CT molecular complexity index is 314. The molecule has 0 saturated carbocycles. The molecule has 1 rings (SSSR count). The van der Waals surface area contributed by atoms with Gasteiger partial charge in [0.1, 0.15) is 0 Å². The quantitative estimate of drug-likeness (QED) is 0.663. The van der Waals surface area contributed by atoms with E-state index in [0.29, 0.717) is 6.42 Å². The fraction of sp³-hybridized carbons (Fsp3) is 0.364. The average molecular weight is 224 g/mol. The highest BCUT2D eigenvalue weighted by molar-refractivity contribution is 7.80. The molecule has 4 N–H and O–H groups in total. The van der Waals surface area contributed by atoms with Gasteiger partial charge in [0.05, 0.1) is 12.1 Å². The molecule has 0 aliphatic carbocycles. The van der Waals surface area contributed by atoms with Gasteiger partial charge in [-0.25, -0.2) is 0 Å². The number of aliphatic hydroxyl groups is 1. The van der Waals surface area contributed by atoms with Crippen molar-refractivity contribution >= 4 is 17.3 Å². The lowest BCUT2D eigenvalue weighted by molar-refractivity contribution is 0.154. The van der Waals surface area contributed by atoms with Crippen molar-refractivity contribution in [3.05, 3.63) is 35.9 Å². The first kappa shape index (κ1) is 11.9. The van der Waals surface area contributed by atoms with Crippen LogP contribution in [0.4, 0.5) is 0 Å². The summed E-state index contributed by atoms with van der Waals surface area (Å²) in [7, 11) is 0. The molecule has 0 saturated heterocycles. The number of nitrogens with two attached hydrogens (primary N) is 1. The van der Waals surface area contributed by atoms with Crippen molar-refractivity contribution < 1.29 is 5.11 Å². The molecule has 0 aliphatic rings. The molecule has 0 amide bonds. The molecule has 3 nitrogen and oxygen atoms in total. The zero-order chi connectivity index (χ0) is 11.3. The summed E-state index contributed by atoms with van der Waals surface area (Å²) < 4.78 is 0. The highest BCUT2D eigenvalue weighted by Crippen LogP contribution is 2.05. The Kier molecular flexibility index (Phi) is 4.52. The summed E-state index contributed by atoms with van der Waals surface area (Å²) >= 11 is 4.76. The lowest BCUT2D eigenvalue weighted by Gasteiger charge is -2.21. The van der Waals surface area contributed by atoms with Crippen molar-refractivity contribution in [2.75, 3.05) is 0 Å². The van der Waals surface area contributed by atoms with E-state index in [4.69, 9.17) is 18.0 Å². The first-order chi connectivity index (χ1) is 7.09. The summed E-state index contributed by atoms with van der Waals surface area (Å²) in [5.41, 5.74) is 6.54. The molecule has 0 spiro atoms. The molecule has 82 valence electrons. The van der Waals surface area contributed by atoms with E-state index in [-0.39, 0.29) is 11.2 Å². The lowest BCUT2D eigenvalue weighted by Crippen LogP contribution is -2.45. The van der Waals surface area contributed by atoms with Crippen LogP contribution >= 0.6 is 12.2 Å². The van der Waals surface area contributed by atoms with Crippen molar-refractivity contribution in [3.63, 3.8) is 0 Å². The number of nitrogens with one attached hydrogen (secondary N) is 1. The van der Waals surface area contributed by atoms with Gasteiger partial charge in [-0.05, 0) is 31.1 Å². The van der Waals surface area contributed by atoms with Gasteiger partial charge in [-0.2, -0.15) is 0 Å². The molecular formula is C11H16N2OS. The summed E-state index contributed by atoms with van der Waals surface area (Å²) in [6.45, 7) is 1.72. The Labute approximate surface area is 95.3 Å². The fourth-order valence-electron chi connectivity index (χ4n) is 1.39. The van der Waals surface area contributed by atoms with Crippen molar-refractivity contribution in [3.8, 4) is 0 Å². The Morgan fingerprint density at radius 3 is 2.53 bits per heavy atom. The third-order valence-corrected chi connectivity index (χ3v) is 2.33. The molecular weight excluding hydrogens is 208 g/mol. The second kappa shape index (κ2) is 5.68. The predicted octanol–water partition coefficient (Wildman–Crippen LogP) is 0.812. The number of aliphatic hydroxyl groups excluding tert-OH is 1. The molecule has 4 heteroatoms. The topological polar surface area (TPSA) is 58.3 Å². The molecule has 2 atom stereocenters. The maximum Gasteiger partial charge on any atom is 0.163 e. The van der Waals surface area contributed by atoms with E-state index < -0.39 is 6.10 Å². The van der Waals surface area contributed by atoms with E-state index in [1.807, 2.05) is 30.3 Å². The smallest absolute Gasteiger partial charge is 0.163 e. The first-order valence-electron chi connectivity index (χ1n) is 4.87. The molecule has 0 radical (unpaired) electrons. The normalized spacial score (nSPS) is 14.3. The molecule has 0 heterocycles. The van der Waals surface area contributed by atoms with Gasteiger partial charge < -0.3 is 16.2 Å². The van der Waals surface area contributed by atoms with Crippen molar-refractivity contribution in [2.45, 2.75) is 25.5 Å². The summed E-state index contributed by atoms with van der Waals surface area (Å²) in [5.74, 6) is 0. The van der Waals surface area contributed by atoms with Gasteiger partial charge in [0.15, 0.2) is 5.11 Å². The van der Waals surface area contributed by atoms with Crippen LogP contribution < -0.4 is 11.1 Å². The Hall–Kier alpha value is -1.13. The highest BCUT2D eigenvalue weighted by atomic mass is 32.1. The van der Waals surface area contributed by atoms with Gasteiger partial charge >= 0.3 is 0 Å². The van der Waals surface area contributed by atoms with Crippen molar-refractivity contribution in [1.82, 2.24) is 5.32 Å². The molecule has 1 unspecified atom stereocenters. The van der Waals surface area contributed by atoms with Gasteiger partial charge in [-0.1, -0.05) is 30.3 Å². The van der Waals surface area contributed by atoms with E-state index >= 15 is 0 Å². The van der Waals surface area contributed by atoms with Crippen LogP contribution in [0.2, 0.25) is 0 Å². The van der Waals surface area contributed by atoms with Crippen LogP contribution in [0.15, 0.2) is 30.3 Å². The molecule has 0 fully saturated rings. The van der Waals surface area contributed by atoms with Gasteiger partial charge in [0.2, 0.25) is 0 Å². The van der Waals surface area contributed by atoms with Gasteiger partial charge in [-0.15, -0.1) is 0 Å². The Balaban J connectivity index is 2.63. The minimum atomic E-state index is -0.494. The molecule has 0 aliphatic heterocycles. The fourth-order valence-corrected chi connectivity index (χ4v) is 1.54. The number of benzene rings is 1. The van der Waals surface area contributed by atoms with Crippen molar-refractivity contribution in [1.29, 1.82) is 0 Å². The minimum absolute atomic E-state index is 0.134. The zero-order valence-corrected chi connectivity index (χ0v) is 9.50. The molecule has 1 aromatic rings. The standard InChI is InChI=1S/C11H16N2OS/c1-8(14)10(13-11(12)15)7-9-5-3-2-4-6-9/h2-6,8,10,14H,7H2,1H3,(H3,12,13,15)/t8?,10-/m0/s1. The van der Waals surface area contributed by atoms with Gasteiger partial charge in [0, 0.05) is 0 Å². The van der Waals surface area contributed by atoms with Gasteiger partial charge in [-0.3, -0.25) is 0 Å². The highest BCUT2D eigenvalue weighted by Gasteiger charge is 2.15. The number of hydrogen-bond acceptors (Lipinski definition) is 2. The SMILES string of the molecule is CC(O)[C@H](Cc1ccccc1)NC(N)=S. The van der Waals surface area contributed by atoms with E-state index in [2.05, 4.69) is 5.32 Å². The van der Waals surface area contributed by atoms with Crippen molar-refractivity contribution in [2.24, 2.45) is 5.73 Å². The third kappa shape index (κ3) is 4.27. The van der Waals surface area contributed by atoms with Gasteiger partial charge in [0.25, 0.3) is 0 Å². The second-order valence-corrected chi connectivity index (χ2v) is 3.99. The van der Waals surface area contributed by atoms with E-state index in [1.54, 1.807) is 6.92 Å². The van der Waals surface area contributed by atoms with E-state index in [1.165, 1.54) is 0 Å². The van der Waals surface area contributed by atoms with Crippen LogP contribution in [0.25, 0.3) is 0 Å². The van der Waals surface area contributed by atoms with Crippen LogP contribution in [-0.4, -0.2) is 22.4 Å². The summed E-state index contributed by atoms with van der Waals surface area (Å²) in [6, 6.07) is 9.78. The number of thiocarbonyl (C=S) groups is 1. The summed E-state index contributed by atoms with van der Waals surface area (Å²) in [4.78, 5) is 0. The maximum atomic E-state index is 9.54. The second-order valence-electron chi connectivity index (χ2n) is 3.55.